The molecule has 0 unspecified atom stereocenters. The molecule has 0 aliphatic carbocycles. The van der Waals surface area contributed by atoms with Gasteiger partial charge in [-0.25, -0.2) is 8.42 Å². The van der Waals surface area contributed by atoms with Gasteiger partial charge in [-0.05, 0) is 54.7 Å². The molecule has 2 aromatic rings. The fraction of sp³-hybridized carbons (Fsp3) is 0.435. The van der Waals surface area contributed by atoms with Gasteiger partial charge in [0.1, 0.15) is 16.4 Å². The molecular formula is C23H29ClN2O5S. The van der Waals surface area contributed by atoms with Crippen LogP contribution in [-0.2, 0) is 14.8 Å². The minimum atomic E-state index is -3.84. The van der Waals surface area contributed by atoms with Crippen molar-refractivity contribution < 1.29 is 22.7 Å². The summed E-state index contributed by atoms with van der Waals surface area (Å²) >= 11 is 6.05. The van der Waals surface area contributed by atoms with Crippen molar-refractivity contribution in [2.24, 2.45) is 5.92 Å². The molecule has 1 heterocycles. The summed E-state index contributed by atoms with van der Waals surface area (Å²) in [6.07, 6.45) is 1.17. The summed E-state index contributed by atoms with van der Waals surface area (Å²) in [6.45, 7) is 4.45. The number of hydrogen-bond donors (Lipinski definition) is 1. The quantitative estimate of drug-likeness (QED) is 0.629. The van der Waals surface area contributed by atoms with E-state index in [1.165, 1.54) is 18.5 Å². The van der Waals surface area contributed by atoms with Gasteiger partial charge in [0.15, 0.2) is 0 Å². The molecule has 0 radical (unpaired) electrons. The number of sulfonamides is 1. The third-order valence-corrected chi connectivity index (χ3v) is 7.77. The van der Waals surface area contributed by atoms with E-state index in [1.807, 2.05) is 19.9 Å². The van der Waals surface area contributed by atoms with Crippen LogP contribution < -0.4 is 14.8 Å². The minimum Gasteiger partial charge on any atom is -0.495 e. The van der Waals surface area contributed by atoms with Crippen molar-refractivity contribution in [2.75, 3.05) is 32.6 Å². The normalized spacial score (nSPS) is 17.2. The van der Waals surface area contributed by atoms with E-state index < -0.39 is 15.9 Å². The monoisotopic (exact) mass is 480 g/mol. The second-order valence-electron chi connectivity index (χ2n) is 8.10. The van der Waals surface area contributed by atoms with Crippen LogP contribution in [0.1, 0.15) is 38.2 Å². The molecule has 1 aliphatic heterocycles. The highest BCUT2D eigenvalue weighted by Gasteiger charge is 2.35. The molecule has 1 saturated heterocycles. The first kappa shape index (κ1) is 24.4. The topological polar surface area (TPSA) is 84.9 Å². The molecular weight excluding hydrogens is 452 g/mol. The number of anilines is 1. The number of rotatable bonds is 7. The smallest absolute Gasteiger partial charge is 0.246 e. The van der Waals surface area contributed by atoms with Crippen molar-refractivity contribution in [3.8, 4) is 11.5 Å². The van der Waals surface area contributed by atoms with E-state index in [9.17, 15) is 13.2 Å². The van der Waals surface area contributed by atoms with Crippen LogP contribution >= 0.6 is 11.6 Å². The SMILES string of the molecule is COc1ccc(Cl)cc1NC(=O)[C@H]1CCCN(S(=O)(=O)c2cc(C(C)C)ccc2OC)C1. The maximum atomic E-state index is 13.5. The van der Waals surface area contributed by atoms with Gasteiger partial charge in [0.25, 0.3) is 0 Å². The molecule has 1 aliphatic rings. The van der Waals surface area contributed by atoms with Crippen molar-refractivity contribution in [2.45, 2.75) is 37.5 Å². The van der Waals surface area contributed by atoms with Crippen molar-refractivity contribution in [1.82, 2.24) is 4.31 Å². The lowest BCUT2D eigenvalue weighted by atomic mass is 9.98. The van der Waals surface area contributed by atoms with Gasteiger partial charge in [0.2, 0.25) is 15.9 Å². The van der Waals surface area contributed by atoms with Crippen LogP contribution in [0.4, 0.5) is 5.69 Å². The van der Waals surface area contributed by atoms with Crippen LogP contribution in [0.5, 0.6) is 11.5 Å². The molecule has 0 spiro atoms. The van der Waals surface area contributed by atoms with Gasteiger partial charge >= 0.3 is 0 Å². The number of carbonyl (C=O) groups is 1. The van der Waals surface area contributed by atoms with Crippen LogP contribution in [0.25, 0.3) is 0 Å². The molecule has 3 rings (SSSR count). The molecule has 1 fully saturated rings. The standard InChI is InChI=1S/C23H29ClN2O5S/c1-15(2)16-7-9-21(31-4)22(12-16)32(28,29)26-11-5-6-17(14-26)23(27)25-19-13-18(24)8-10-20(19)30-3/h7-10,12-13,15,17H,5-6,11,14H2,1-4H3,(H,25,27)/t17-/m0/s1. The Hall–Kier alpha value is -2.29. The summed E-state index contributed by atoms with van der Waals surface area (Å²) in [5, 5.41) is 3.30. The zero-order valence-electron chi connectivity index (χ0n) is 18.7. The summed E-state index contributed by atoms with van der Waals surface area (Å²) in [4.78, 5) is 13.1. The molecule has 0 aromatic heterocycles. The lowest BCUT2D eigenvalue weighted by molar-refractivity contribution is -0.120. The van der Waals surface area contributed by atoms with Crippen LogP contribution in [0.3, 0.4) is 0 Å². The number of hydrogen-bond acceptors (Lipinski definition) is 5. The number of methoxy groups -OCH3 is 2. The zero-order valence-corrected chi connectivity index (χ0v) is 20.3. The van der Waals surface area contributed by atoms with Crippen molar-refractivity contribution >= 4 is 33.2 Å². The van der Waals surface area contributed by atoms with E-state index in [-0.39, 0.29) is 23.3 Å². The maximum Gasteiger partial charge on any atom is 0.246 e. The van der Waals surface area contributed by atoms with Crippen molar-refractivity contribution in [3.63, 3.8) is 0 Å². The summed E-state index contributed by atoms with van der Waals surface area (Å²) < 4.78 is 39.0. The highest BCUT2D eigenvalue weighted by molar-refractivity contribution is 7.89. The van der Waals surface area contributed by atoms with E-state index in [0.717, 1.165) is 5.56 Å². The van der Waals surface area contributed by atoms with Gasteiger partial charge in [-0.1, -0.05) is 31.5 Å². The van der Waals surface area contributed by atoms with Crippen LogP contribution in [-0.4, -0.2) is 45.9 Å². The first-order valence-corrected chi connectivity index (χ1v) is 12.3. The molecule has 1 amide bonds. The fourth-order valence-corrected chi connectivity index (χ4v) is 5.67. The van der Waals surface area contributed by atoms with Crippen LogP contribution in [0, 0.1) is 5.92 Å². The van der Waals surface area contributed by atoms with Gasteiger partial charge in [-0.15, -0.1) is 0 Å². The van der Waals surface area contributed by atoms with E-state index in [1.54, 1.807) is 30.3 Å². The minimum absolute atomic E-state index is 0.0894. The number of nitrogens with one attached hydrogen (secondary N) is 1. The predicted octanol–water partition coefficient (Wildman–Crippen LogP) is 4.52. The predicted molar refractivity (Wildman–Crippen MR) is 125 cm³/mol. The average Bonchev–Trinajstić information content (AvgIpc) is 2.78. The zero-order chi connectivity index (χ0) is 23.5. The van der Waals surface area contributed by atoms with Gasteiger partial charge in [-0.2, -0.15) is 4.31 Å². The first-order chi connectivity index (χ1) is 15.2. The number of carbonyl (C=O) groups excluding carboxylic acids is 1. The molecule has 0 bridgehead atoms. The van der Waals surface area contributed by atoms with Crippen LogP contribution in [0.2, 0.25) is 5.02 Å². The molecule has 9 heteroatoms. The number of benzene rings is 2. The van der Waals surface area contributed by atoms with Gasteiger partial charge in [0.05, 0.1) is 25.8 Å². The number of ether oxygens (including phenoxy) is 2. The van der Waals surface area contributed by atoms with E-state index in [2.05, 4.69) is 5.32 Å². The largest absolute Gasteiger partial charge is 0.495 e. The lowest BCUT2D eigenvalue weighted by Crippen LogP contribution is -2.43. The highest BCUT2D eigenvalue weighted by Crippen LogP contribution is 2.33. The summed E-state index contributed by atoms with van der Waals surface area (Å²) in [5.41, 5.74) is 1.36. The average molecular weight is 481 g/mol. The Morgan fingerprint density at radius 1 is 1.12 bits per heavy atom. The summed E-state index contributed by atoms with van der Waals surface area (Å²) in [6, 6.07) is 10.2. The summed E-state index contributed by atoms with van der Waals surface area (Å²) in [5.74, 6) is 0.181. The fourth-order valence-electron chi connectivity index (χ4n) is 3.78. The van der Waals surface area contributed by atoms with Gasteiger partial charge in [0, 0.05) is 18.1 Å². The van der Waals surface area contributed by atoms with Gasteiger partial charge in [-0.3, -0.25) is 4.79 Å². The van der Waals surface area contributed by atoms with Gasteiger partial charge < -0.3 is 14.8 Å². The summed E-state index contributed by atoms with van der Waals surface area (Å²) in [7, 11) is -0.878. The Morgan fingerprint density at radius 3 is 2.47 bits per heavy atom. The Kier molecular flexibility index (Phi) is 7.69. The molecule has 0 saturated carbocycles. The molecule has 32 heavy (non-hydrogen) atoms. The Labute approximate surface area is 194 Å². The second-order valence-corrected chi connectivity index (χ2v) is 10.4. The highest BCUT2D eigenvalue weighted by atomic mass is 35.5. The number of halogens is 1. The Balaban J connectivity index is 1.83. The third kappa shape index (κ3) is 5.19. The number of amides is 1. The number of piperidine rings is 1. The van der Waals surface area contributed by atoms with Crippen molar-refractivity contribution in [3.05, 3.63) is 47.0 Å². The molecule has 1 atom stereocenters. The lowest BCUT2D eigenvalue weighted by Gasteiger charge is -2.31. The molecule has 1 N–H and O–H groups in total. The van der Waals surface area contributed by atoms with E-state index >= 15 is 0 Å². The molecule has 2 aromatic carbocycles. The van der Waals surface area contributed by atoms with E-state index in [4.69, 9.17) is 21.1 Å². The number of nitrogens with zero attached hydrogens (tertiary/aromatic N) is 1. The third-order valence-electron chi connectivity index (χ3n) is 5.65. The second kappa shape index (κ2) is 10.1. The molecule has 7 nitrogen and oxygen atoms in total. The Bertz CT molecular complexity index is 1090. The van der Waals surface area contributed by atoms with E-state index in [0.29, 0.717) is 41.6 Å². The maximum absolute atomic E-state index is 13.5. The van der Waals surface area contributed by atoms with Crippen molar-refractivity contribution in [1.29, 1.82) is 0 Å². The van der Waals surface area contributed by atoms with Crippen LogP contribution in [0.15, 0.2) is 41.3 Å². The Morgan fingerprint density at radius 2 is 1.81 bits per heavy atom. The first-order valence-electron chi connectivity index (χ1n) is 10.5. The molecule has 174 valence electrons.